The summed E-state index contributed by atoms with van der Waals surface area (Å²) in [5.74, 6) is 0.545. The molecule has 0 fully saturated rings. The van der Waals surface area contributed by atoms with Crippen LogP contribution in [0.15, 0.2) is 30.1 Å². The second-order valence-corrected chi connectivity index (χ2v) is 4.55. The molecule has 2 N–H and O–H groups in total. The summed E-state index contributed by atoms with van der Waals surface area (Å²) in [5, 5.41) is 4.40. The molecule has 0 aliphatic rings. The number of hydrogen-bond acceptors (Lipinski definition) is 2. The van der Waals surface area contributed by atoms with Crippen molar-refractivity contribution in [1.82, 2.24) is 15.3 Å². The van der Waals surface area contributed by atoms with E-state index in [4.69, 9.17) is 0 Å². The first-order chi connectivity index (χ1) is 8.22. The largest absolute Gasteiger partial charge is 0.346 e. The van der Waals surface area contributed by atoms with Gasteiger partial charge < -0.3 is 10.3 Å². The summed E-state index contributed by atoms with van der Waals surface area (Å²) < 4.78 is 0. The summed E-state index contributed by atoms with van der Waals surface area (Å²) in [5.41, 5.74) is 3.57. The molecule has 2 aromatic rings. The molecule has 3 nitrogen and oxygen atoms in total. The fourth-order valence-corrected chi connectivity index (χ4v) is 1.92. The number of H-pyrrole nitrogens is 1. The lowest BCUT2D eigenvalue weighted by Crippen LogP contribution is -2.13. The van der Waals surface area contributed by atoms with Crippen LogP contribution in [0, 0.1) is 5.92 Å². The van der Waals surface area contributed by atoms with Gasteiger partial charge in [-0.3, -0.25) is 0 Å². The van der Waals surface area contributed by atoms with E-state index in [1.807, 2.05) is 25.5 Å². The van der Waals surface area contributed by atoms with Crippen LogP contribution in [0.4, 0.5) is 0 Å². The molecule has 0 amide bonds. The van der Waals surface area contributed by atoms with Crippen molar-refractivity contribution in [3.05, 3.63) is 35.7 Å². The fraction of sp³-hybridized carbons (Fsp3) is 0.357. The van der Waals surface area contributed by atoms with Crippen molar-refractivity contribution < 1.29 is 0 Å². The van der Waals surface area contributed by atoms with Crippen molar-refractivity contribution in [2.45, 2.75) is 13.8 Å². The third kappa shape index (κ3) is 2.56. The standard InChI is InChI=1S/C14H19N3/c1-10(2)11(8-15-3)7-12-9-17-14-13(12)5-4-6-16-14/h4-7,9-10,15H,8H2,1-3H3,(H,16,17). The van der Waals surface area contributed by atoms with E-state index in [9.17, 15) is 0 Å². The molecule has 0 aliphatic carbocycles. The van der Waals surface area contributed by atoms with Crippen molar-refractivity contribution >= 4 is 17.1 Å². The lowest BCUT2D eigenvalue weighted by atomic mass is 10.0. The summed E-state index contributed by atoms with van der Waals surface area (Å²) in [7, 11) is 1.98. The third-order valence-electron chi connectivity index (χ3n) is 2.95. The van der Waals surface area contributed by atoms with Crippen molar-refractivity contribution in [3.8, 4) is 0 Å². The van der Waals surface area contributed by atoms with E-state index in [-0.39, 0.29) is 0 Å². The molecule has 0 aromatic carbocycles. The Kier molecular flexibility index (Phi) is 3.59. The molecular weight excluding hydrogens is 210 g/mol. The van der Waals surface area contributed by atoms with Gasteiger partial charge in [-0.15, -0.1) is 0 Å². The number of likely N-dealkylation sites (N-methyl/N-ethyl adjacent to an activating group) is 1. The van der Waals surface area contributed by atoms with Gasteiger partial charge in [0, 0.05) is 29.9 Å². The van der Waals surface area contributed by atoms with E-state index in [0.29, 0.717) is 5.92 Å². The molecule has 0 spiro atoms. The predicted octanol–water partition coefficient (Wildman–Crippen LogP) is 2.82. The first-order valence-corrected chi connectivity index (χ1v) is 5.99. The number of rotatable bonds is 4. The van der Waals surface area contributed by atoms with Gasteiger partial charge in [-0.2, -0.15) is 0 Å². The zero-order chi connectivity index (χ0) is 12.3. The van der Waals surface area contributed by atoms with Crippen molar-refractivity contribution in [2.75, 3.05) is 13.6 Å². The van der Waals surface area contributed by atoms with Crippen LogP contribution in [-0.2, 0) is 0 Å². The van der Waals surface area contributed by atoms with Crippen molar-refractivity contribution in [3.63, 3.8) is 0 Å². The molecule has 3 heteroatoms. The molecule has 0 saturated heterocycles. The van der Waals surface area contributed by atoms with Crippen LogP contribution in [0.5, 0.6) is 0 Å². The molecule has 0 saturated carbocycles. The Labute approximate surface area is 102 Å². The van der Waals surface area contributed by atoms with Crippen LogP contribution in [-0.4, -0.2) is 23.6 Å². The maximum atomic E-state index is 4.30. The average Bonchev–Trinajstić information content (AvgIpc) is 2.72. The average molecular weight is 229 g/mol. The highest BCUT2D eigenvalue weighted by atomic mass is 14.8. The Morgan fingerprint density at radius 2 is 2.35 bits per heavy atom. The smallest absolute Gasteiger partial charge is 0.137 e. The maximum Gasteiger partial charge on any atom is 0.137 e. The summed E-state index contributed by atoms with van der Waals surface area (Å²) in [6.45, 7) is 5.36. The van der Waals surface area contributed by atoms with Gasteiger partial charge in [-0.1, -0.05) is 25.5 Å². The Hall–Kier alpha value is -1.61. The second kappa shape index (κ2) is 5.15. The molecular formula is C14H19N3. The maximum absolute atomic E-state index is 4.30. The van der Waals surface area contributed by atoms with E-state index in [1.165, 1.54) is 16.5 Å². The molecule has 0 radical (unpaired) electrons. The minimum absolute atomic E-state index is 0.545. The Morgan fingerprint density at radius 1 is 1.53 bits per heavy atom. The van der Waals surface area contributed by atoms with Crippen LogP contribution in [0.3, 0.4) is 0 Å². The lowest BCUT2D eigenvalue weighted by molar-refractivity contribution is 0.713. The Balaban J connectivity index is 2.42. The highest BCUT2D eigenvalue weighted by molar-refractivity contribution is 5.86. The number of hydrogen-bond donors (Lipinski definition) is 2. The number of fused-ring (bicyclic) bond motifs is 1. The summed E-state index contributed by atoms with van der Waals surface area (Å²) >= 11 is 0. The van der Waals surface area contributed by atoms with Gasteiger partial charge in [-0.05, 0) is 25.1 Å². The van der Waals surface area contributed by atoms with Crippen LogP contribution in [0.2, 0.25) is 0 Å². The number of aromatic amines is 1. The molecule has 2 aromatic heterocycles. The first-order valence-electron chi connectivity index (χ1n) is 5.99. The summed E-state index contributed by atoms with van der Waals surface area (Å²) in [4.78, 5) is 7.50. The van der Waals surface area contributed by atoms with Crippen molar-refractivity contribution in [2.24, 2.45) is 5.92 Å². The zero-order valence-corrected chi connectivity index (χ0v) is 10.6. The zero-order valence-electron chi connectivity index (χ0n) is 10.6. The second-order valence-electron chi connectivity index (χ2n) is 4.55. The van der Waals surface area contributed by atoms with Crippen molar-refractivity contribution in [1.29, 1.82) is 0 Å². The third-order valence-corrected chi connectivity index (χ3v) is 2.95. The molecule has 2 heterocycles. The predicted molar refractivity (Wildman–Crippen MR) is 72.8 cm³/mol. The topological polar surface area (TPSA) is 40.7 Å². The molecule has 0 atom stereocenters. The van der Waals surface area contributed by atoms with E-state index in [0.717, 1.165) is 12.2 Å². The molecule has 0 aliphatic heterocycles. The van der Waals surface area contributed by atoms with Crippen LogP contribution in [0.25, 0.3) is 17.1 Å². The van der Waals surface area contributed by atoms with Crippen LogP contribution < -0.4 is 5.32 Å². The van der Waals surface area contributed by atoms with E-state index >= 15 is 0 Å². The fourth-order valence-electron chi connectivity index (χ4n) is 1.92. The molecule has 0 bridgehead atoms. The Morgan fingerprint density at radius 3 is 3.06 bits per heavy atom. The quantitative estimate of drug-likeness (QED) is 0.846. The minimum atomic E-state index is 0.545. The SMILES string of the molecule is CNCC(=Cc1c[nH]c2ncccc12)C(C)C. The summed E-state index contributed by atoms with van der Waals surface area (Å²) in [6.07, 6.45) is 6.08. The Bertz CT molecular complexity index is 523. The van der Waals surface area contributed by atoms with Gasteiger partial charge in [-0.25, -0.2) is 4.98 Å². The number of pyridine rings is 1. The monoisotopic (exact) mass is 229 g/mol. The van der Waals surface area contributed by atoms with Gasteiger partial charge in [0.15, 0.2) is 0 Å². The van der Waals surface area contributed by atoms with Gasteiger partial charge in [0.05, 0.1) is 0 Å². The molecule has 90 valence electrons. The van der Waals surface area contributed by atoms with Gasteiger partial charge >= 0.3 is 0 Å². The number of aromatic nitrogens is 2. The van der Waals surface area contributed by atoms with E-state index in [2.05, 4.69) is 41.3 Å². The number of nitrogens with one attached hydrogen (secondary N) is 2. The van der Waals surface area contributed by atoms with Gasteiger partial charge in [0.2, 0.25) is 0 Å². The van der Waals surface area contributed by atoms with Crippen LogP contribution in [0.1, 0.15) is 19.4 Å². The minimum Gasteiger partial charge on any atom is -0.346 e. The first kappa shape index (κ1) is 11.9. The van der Waals surface area contributed by atoms with E-state index < -0.39 is 0 Å². The molecule has 2 rings (SSSR count). The summed E-state index contributed by atoms with van der Waals surface area (Å²) in [6, 6.07) is 4.07. The lowest BCUT2D eigenvalue weighted by Gasteiger charge is -2.10. The van der Waals surface area contributed by atoms with Crippen LogP contribution >= 0.6 is 0 Å². The van der Waals surface area contributed by atoms with Gasteiger partial charge in [0.1, 0.15) is 5.65 Å². The van der Waals surface area contributed by atoms with Gasteiger partial charge in [0.25, 0.3) is 0 Å². The number of nitrogens with zero attached hydrogens (tertiary/aromatic N) is 1. The highest BCUT2D eigenvalue weighted by Crippen LogP contribution is 2.21. The van der Waals surface area contributed by atoms with E-state index in [1.54, 1.807) is 0 Å². The normalized spacial score (nSPS) is 12.6. The highest BCUT2D eigenvalue weighted by Gasteiger charge is 2.06. The molecule has 0 unspecified atom stereocenters. The molecule has 17 heavy (non-hydrogen) atoms.